The molecule has 1 saturated heterocycles. The summed E-state index contributed by atoms with van der Waals surface area (Å²) in [5.74, 6) is 0. The Labute approximate surface area is 94.4 Å². The van der Waals surface area contributed by atoms with Gasteiger partial charge in [0.2, 0.25) is 0 Å². The van der Waals surface area contributed by atoms with E-state index in [9.17, 15) is 15.3 Å². The molecular formula is C10H20O6. The van der Waals surface area contributed by atoms with Gasteiger partial charge in [0.05, 0.1) is 12.7 Å². The van der Waals surface area contributed by atoms with E-state index in [1.54, 1.807) is 6.92 Å². The Kier molecular flexibility index (Phi) is 5.10. The van der Waals surface area contributed by atoms with Gasteiger partial charge in [-0.05, 0) is 13.3 Å². The number of ether oxygens (including phenoxy) is 2. The third-order valence-electron chi connectivity index (χ3n) is 2.79. The quantitative estimate of drug-likeness (QED) is 0.479. The molecule has 0 aromatic carbocycles. The third kappa shape index (κ3) is 2.91. The number of aliphatic hydroxyl groups excluding tert-OH is 4. The molecule has 0 saturated carbocycles. The second kappa shape index (κ2) is 5.90. The summed E-state index contributed by atoms with van der Waals surface area (Å²) < 4.78 is 10.5. The predicted molar refractivity (Wildman–Crippen MR) is 54.6 cm³/mol. The number of hydrogen-bond acceptors (Lipinski definition) is 6. The standard InChI is InChI=1S/C10H20O6/c1-3-5(2)15-10-9(14)8(13)7(12)6(4-11)16-10/h5-14H,3-4H2,1-2H3/t5?,6?,7-,8?,9-,10+/m0/s1. The molecule has 3 unspecified atom stereocenters. The number of hydrogen-bond donors (Lipinski definition) is 4. The third-order valence-corrected chi connectivity index (χ3v) is 2.79. The zero-order valence-corrected chi connectivity index (χ0v) is 9.48. The van der Waals surface area contributed by atoms with E-state index in [0.29, 0.717) is 0 Å². The second-order valence-corrected chi connectivity index (χ2v) is 4.05. The number of rotatable bonds is 4. The van der Waals surface area contributed by atoms with Gasteiger partial charge in [0.15, 0.2) is 6.29 Å². The van der Waals surface area contributed by atoms with Crippen LogP contribution in [0, 0.1) is 0 Å². The Bertz CT molecular complexity index is 209. The molecular weight excluding hydrogens is 216 g/mol. The molecule has 1 fully saturated rings. The van der Waals surface area contributed by atoms with E-state index >= 15 is 0 Å². The van der Waals surface area contributed by atoms with Crippen molar-refractivity contribution in [3.63, 3.8) is 0 Å². The number of aliphatic hydroxyl groups is 4. The fourth-order valence-corrected chi connectivity index (χ4v) is 1.50. The Hall–Kier alpha value is -0.240. The Morgan fingerprint density at radius 3 is 2.31 bits per heavy atom. The lowest BCUT2D eigenvalue weighted by Crippen LogP contribution is -2.59. The molecule has 0 aromatic rings. The van der Waals surface area contributed by atoms with Gasteiger partial charge in [-0.25, -0.2) is 0 Å². The molecule has 0 aromatic heterocycles. The van der Waals surface area contributed by atoms with Crippen LogP contribution in [0.4, 0.5) is 0 Å². The Morgan fingerprint density at radius 2 is 1.81 bits per heavy atom. The molecule has 16 heavy (non-hydrogen) atoms. The van der Waals surface area contributed by atoms with Crippen molar-refractivity contribution < 1.29 is 29.9 Å². The molecule has 6 nitrogen and oxygen atoms in total. The van der Waals surface area contributed by atoms with Crippen LogP contribution in [0.3, 0.4) is 0 Å². The first-order valence-electron chi connectivity index (χ1n) is 5.47. The van der Waals surface area contributed by atoms with Crippen LogP contribution in [-0.2, 0) is 9.47 Å². The molecule has 0 amide bonds. The van der Waals surface area contributed by atoms with Crippen LogP contribution in [0.2, 0.25) is 0 Å². The van der Waals surface area contributed by atoms with E-state index in [2.05, 4.69) is 0 Å². The zero-order valence-electron chi connectivity index (χ0n) is 9.48. The first-order valence-corrected chi connectivity index (χ1v) is 5.47. The highest BCUT2D eigenvalue weighted by molar-refractivity contribution is 4.89. The van der Waals surface area contributed by atoms with Gasteiger partial charge in [-0.3, -0.25) is 0 Å². The van der Waals surface area contributed by atoms with E-state index in [-0.39, 0.29) is 6.10 Å². The lowest BCUT2D eigenvalue weighted by Gasteiger charge is -2.40. The van der Waals surface area contributed by atoms with Gasteiger partial charge in [0.1, 0.15) is 24.4 Å². The minimum Gasteiger partial charge on any atom is -0.394 e. The van der Waals surface area contributed by atoms with Gasteiger partial charge in [-0.15, -0.1) is 0 Å². The minimum absolute atomic E-state index is 0.138. The average molecular weight is 236 g/mol. The van der Waals surface area contributed by atoms with Crippen molar-refractivity contribution in [3.8, 4) is 0 Å². The van der Waals surface area contributed by atoms with Crippen molar-refractivity contribution in [3.05, 3.63) is 0 Å². The van der Waals surface area contributed by atoms with Gasteiger partial charge in [0.25, 0.3) is 0 Å². The molecule has 1 aliphatic heterocycles. The predicted octanol–water partition coefficient (Wildman–Crippen LogP) is -1.40. The minimum atomic E-state index is -1.38. The highest BCUT2D eigenvalue weighted by atomic mass is 16.7. The van der Waals surface area contributed by atoms with Gasteiger partial charge in [-0.1, -0.05) is 6.92 Å². The molecule has 6 atom stereocenters. The first kappa shape index (κ1) is 13.8. The van der Waals surface area contributed by atoms with Gasteiger partial charge < -0.3 is 29.9 Å². The van der Waals surface area contributed by atoms with Gasteiger partial charge in [0, 0.05) is 0 Å². The van der Waals surface area contributed by atoms with E-state index in [1.807, 2.05) is 6.92 Å². The van der Waals surface area contributed by atoms with Gasteiger partial charge in [-0.2, -0.15) is 0 Å². The summed E-state index contributed by atoms with van der Waals surface area (Å²) >= 11 is 0. The molecule has 1 rings (SSSR count). The molecule has 0 aliphatic carbocycles. The van der Waals surface area contributed by atoms with Crippen LogP contribution in [0.25, 0.3) is 0 Å². The van der Waals surface area contributed by atoms with E-state index < -0.39 is 37.3 Å². The molecule has 0 radical (unpaired) electrons. The molecule has 0 spiro atoms. The molecule has 96 valence electrons. The van der Waals surface area contributed by atoms with Crippen molar-refractivity contribution in [1.29, 1.82) is 0 Å². The monoisotopic (exact) mass is 236 g/mol. The van der Waals surface area contributed by atoms with Crippen LogP contribution < -0.4 is 0 Å². The van der Waals surface area contributed by atoms with Crippen LogP contribution in [0.15, 0.2) is 0 Å². The van der Waals surface area contributed by atoms with E-state index in [1.165, 1.54) is 0 Å². The normalized spacial score (nSPS) is 42.0. The van der Waals surface area contributed by atoms with Crippen LogP contribution in [0.1, 0.15) is 20.3 Å². The molecule has 4 N–H and O–H groups in total. The summed E-state index contributed by atoms with van der Waals surface area (Å²) in [6.07, 6.45) is -5.36. The van der Waals surface area contributed by atoms with Crippen LogP contribution in [0.5, 0.6) is 0 Å². The maximum Gasteiger partial charge on any atom is 0.186 e. The van der Waals surface area contributed by atoms with Crippen molar-refractivity contribution in [1.82, 2.24) is 0 Å². The lowest BCUT2D eigenvalue weighted by atomic mass is 9.99. The van der Waals surface area contributed by atoms with Crippen LogP contribution in [-0.4, -0.2) is 63.8 Å². The summed E-state index contributed by atoms with van der Waals surface area (Å²) in [5, 5.41) is 37.6. The van der Waals surface area contributed by atoms with Crippen molar-refractivity contribution in [2.24, 2.45) is 0 Å². The largest absolute Gasteiger partial charge is 0.394 e. The molecule has 1 aliphatic rings. The Balaban J connectivity index is 2.63. The summed E-state index contributed by atoms with van der Waals surface area (Å²) in [5.41, 5.74) is 0. The zero-order chi connectivity index (χ0) is 12.3. The molecule has 6 heteroatoms. The average Bonchev–Trinajstić information content (AvgIpc) is 2.29. The Morgan fingerprint density at radius 1 is 1.19 bits per heavy atom. The topological polar surface area (TPSA) is 99.4 Å². The first-order chi connectivity index (χ1) is 7.51. The summed E-state index contributed by atoms with van der Waals surface area (Å²) in [7, 11) is 0. The fraction of sp³-hybridized carbons (Fsp3) is 1.00. The maximum atomic E-state index is 9.62. The maximum absolute atomic E-state index is 9.62. The lowest BCUT2D eigenvalue weighted by molar-refractivity contribution is -0.310. The SMILES string of the molecule is CCC(C)O[C@@H]1OC(CO)[C@H](O)C(O)[C@@H]1O. The highest BCUT2D eigenvalue weighted by Gasteiger charge is 2.44. The van der Waals surface area contributed by atoms with Crippen molar-refractivity contribution >= 4 is 0 Å². The molecule has 0 bridgehead atoms. The molecule has 1 heterocycles. The van der Waals surface area contributed by atoms with Crippen molar-refractivity contribution in [2.45, 2.75) is 57.1 Å². The van der Waals surface area contributed by atoms with Crippen LogP contribution >= 0.6 is 0 Å². The smallest absolute Gasteiger partial charge is 0.186 e. The second-order valence-electron chi connectivity index (χ2n) is 4.05. The summed E-state index contributed by atoms with van der Waals surface area (Å²) in [6.45, 7) is 3.28. The fourth-order valence-electron chi connectivity index (χ4n) is 1.50. The van der Waals surface area contributed by atoms with E-state index in [4.69, 9.17) is 14.6 Å². The summed E-state index contributed by atoms with van der Waals surface area (Å²) in [4.78, 5) is 0. The van der Waals surface area contributed by atoms with E-state index in [0.717, 1.165) is 6.42 Å². The summed E-state index contributed by atoms with van der Waals surface area (Å²) in [6, 6.07) is 0. The van der Waals surface area contributed by atoms with Crippen molar-refractivity contribution in [2.75, 3.05) is 6.61 Å². The van der Waals surface area contributed by atoms with Gasteiger partial charge >= 0.3 is 0 Å². The highest BCUT2D eigenvalue weighted by Crippen LogP contribution is 2.23.